The minimum Gasteiger partial charge on any atom is -0.355 e. The van der Waals surface area contributed by atoms with E-state index in [-0.39, 0.29) is 24.4 Å². The summed E-state index contributed by atoms with van der Waals surface area (Å²) in [4.78, 5) is 21.8. The molecule has 3 aromatic rings. The summed E-state index contributed by atoms with van der Waals surface area (Å²) >= 11 is 13.0. The van der Waals surface area contributed by atoms with Crippen molar-refractivity contribution in [2.75, 3.05) is 23.4 Å². The van der Waals surface area contributed by atoms with Gasteiger partial charge in [0.2, 0.25) is 0 Å². The molecule has 0 bridgehead atoms. The second-order valence-electron chi connectivity index (χ2n) is 8.71. The number of pyridine rings is 1. The standard InChI is InChI=1S/C25H24Cl2FN5O/c1-14-10-17(12-29-14)32(2)22-11-21-18(23(31-22)15-6-8-16(28)9-7-15)13-30-25(34)33(21)24-19(26)4-3-5-20(24)27/h3-9,11,14,17,29H,10,12-13H2,1-2H3,(H,30,34). The van der Waals surface area contributed by atoms with Gasteiger partial charge in [-0.3, -0.25) is 4.90 Å². The molecular weight excluding hydrogens is 476 g/mol. The molecule has 176 valence electrons. The van der Waals surface area contributed by atoms with E-state index < -0.39 is 0 Å². The highest BCUT2D eigenvalue weighted by Crippen LogP contribution is 2.44. The fourth-order valence-corrected chi connectivity index (χ4v) is 5.18. The molecule has 0 radical (unpaired) electrons. The van der Waals surface area contributed by atoms with Gasteiger partial charge in [0.25, 0.3) is 0 Å². The van der Waals surface area contributed by atoms with Crippen molar-refractivity contribution < 1.29 is 9.18 Å². The van der Waals surface area contributed by atoms with Crippen molar-refractivity contribution in [1.29, 1.82) is 0 Å². The van der Waals surface area contributed by atoms with Gasteiger partial charge in [0.15, 0.2) is 0 Å². The van der Waals surface area contributed by atoms with Crippen LogP contribution in [0.25, 0.3) is 11.3 Å². The maximum absolute atomic E-state index is 13.7. The Kier molecular flexibility index (Phi) is 6.10. The number of hydrogen-bond acceptors (Lipinski definition) is 4. The Morgan fingerprint density at radius 3 is 2.50 bits per heavy atom. The van der Waals surface area contributed by atoms with Crippen LogP contribution in [0.2, 0.25) is 10.0 Å². The molecule has 3 heterocycles. The number of carbonyl (C=O) groups is 1. The summed E-state index contributed by atoms with van der Waals surface area (Å²) in [6.45, 7) is 3.27. The molecule has 5 rings (SSSR count). The van der Waals surface area contributed by atoms with Crippen molar-refractivity contribution in [3.8, 4) is 11.3 Å². The van der Waals surface area contributed by atoms with Gasteiger partial charge in [-0.2, -0.15) is 0 Å². The summed E-state index contributed by atoms with van der Waals surface area (Å²) in [5.74, 6) is 0.386. The molecule has 2 unspecified atom stereocenters. The molecular formula is C25H24Cl2FN5O. The van der Waals surface area contributed by atoms with E-state index in [0.717, 1.165) is 24.1 Å². The third-order valence-corrected chi connectivity index (χ3v) is 7.07. The quantitative estimate of drug-likeness (QED) is 0.480. The number of anilines is 3. The molecule has 2 amide bonds. The topological polar surface area (TPSA) is 60.5 Å². The lowest BCUT2D eigenvalue weighted by Crippen LogP contribution is -2.42. The number of nitrogens with zero attached hydrogens (tertiary/aromatic N) is 3. The van der Waals surface area contributed by atoms with E-state index in [1.807, 2.05) is 13.1 Å². The van der Waals surface area contributed by atoms with E-state index in [9.17, 15) is 9.18 Å². The second-order valence-corrected chi connectivity index (χ2v) is 9.52. The fraction of sp³-hybridized carbons (Fsp3) is 0.280. The van der Waals surface area contributed by atoms with Crippen LogP contribution in [0.1, 0.15) is 18.9 Å². The van der Waals surface area contributed by atoms with E-state index in [1.54, 1.807) is 30.3 Å². The number of amides is 2. The van der Waals surface area contributed by atoms with Crippen molar-refractivity contribution in [2.24, 2.45) is 0 Å². The first-order chi connectivity index (χ1) is 16.3. The van der Waals surface area contributed by atoms with E-state index in [1.165, 1.54) is 17.0 Å². The van der Waals surface area contributed by atoms with Crippen LogP contribution in [0.3, 0.4) is 0 Å². The first kappa shape index (κ1) is 22.9. The SMILES string of the molecule is CC1CC(N(C)c2cc3c(c(-c4ccc(F)cc4)n2)CNC(=O)N3c2c(Cl)cccc2Cl)CN1. The second kappa shape index (κ2) is 9.06. The number of benzene rings is 2. The smallest absolute Gasteiger partial charge is 0.326 e. The Labute approximate surface area is 207 Å². The highest BCUT2D eigenvalue weighted by molar-refractivity contribution is 6.40. The van der Waals surface area contributed by atoms with E-state index in [0.29, 0.717) is 39.0 Å². The summed E-state index contributed by atoms with van der Waals surface area (Å²) in [6.07, 6.45) is 0.974. The Morgan fingerprint density at radius 2 is 1.85 bits per heavy atom. The predicted molar refractivity (Wildman–Crippen MR) is 135 cm³/mol. The van der Waals surface area contributed by atoms with Gasteiger partial charge in [-0.25, -0.2) is 14.2 Å². The highest BCUT2D eigenvalue weighted by Gasteiger charge is 2.33. The number of aromatic nitrogens is 1. The highest BCUT2D eigenvalue weighted by atomic mass is 35.5. The summed E-state index contributed by atoms with van der Waals surface area (Å²) in [7, 11) is 2.00. The van der Waals surface area contributed by atoms with Gasteiger partial charge in [0.05, 0.1) is 27.1 Å². The molecule has 2 aromatic carbocycles. The number of nitrogens with one attached hydrogen (secondary N) is 2. The zero-order chi connectivity index (χ0) is 24.0. The van der Waals surface area contributed by atoms with Gasteiger partial charge in [0.1, 0.15) is 11.6 Å². The van der Waals surface area contributed by atoms with E-state index >= 15 is 0 Å². The average molecular weight is 500 g/mol. The van der Waals surface area contributed by atoms with Gasteiger partial charge in [-0.05, 0) is 49.7 Å². The zero-order valence-electron chi connectivity index (χ0n) is 18.8. The van der Waals surface area contributed by atoms with Crippen LogP contribution < -0.4 is 20.4 Å². The molecule has 2 N–H and O–H groups in total. The first-order valence-electron chi connectivity index (χ1n) is 11.1. The largest absolute Gasteiger partial charge is 0.355 e. The molecule has 34 heavy (non-hydrogen) atoms. The molecule has 6 nitrogen and oxygen atoms in total. The summed E-state index contributed by atoms with van der Waals surface area (Å²) in [6, 6.07) is 13.6. The summed E-state index contributed by atoms with van der Waals surface area (Å²) in [5.41, 5.74) is 3.29. The molecule has 2 aliphatic rings. The van der Waals surface area contributed by atoms with Gasteiger partial charge in [-0.1, -0.05) is 29.3 Å². The maximum atomic E-state index is 13.7. The Morgan fingerprint density at radius 1 is 1.15 bits per heavy atom. The monoisotopic (exact) mass is 499 g/mol. The fourth-order valence-electron chi connectivity index (χ4n) is 4.62. The number of rotatable bonds is 4. The molecule has 2 atom stereocenters. The summed E-state index contributed by atoms with van der Waals surface area (Å²) < 4.78 is 13.7. The first-order valence-corrected chi connectivity index (χ1v) is 11.9. The molecule has 9 heteroatoms. The number of para-hydroxylation sites is 1. The molecule has 1 aromatic heterocycles. The van der Waals surface area contributed by atoms with Gasteiger partial charge >= 0.3 is 6.03 Å². The van der Waals surface area contributed by atoms with Crippen LogP contribution in [0.4, 0.5) is 26.4 Å². The number of urea groups is 1. The number of carbonyl (C=O) groups excluding carboxylic acids is 1. The lowest BCUT2D eigenvalue weighted by Gasteiger charge is -2.34. The third-order valence-electron chi connectivity index (χ3n) is 6.46. The van der Waals surface area contributed by atoms with Crippen LogP contribution in [0.15, 0.2) is 48.5 Å². The van der Waals surface area contributed by atoms with Crippen molar-refractivity contribution in [3.05, 3.63) is 70.0 Å². The molecule has 0 spiro atoms. The zero-order valence-corrected chi connectivity index (χ0v) is 20.3. The minimum absolute atomic E-state index is 0.247. The lowest BCUT2D eigenvalue weighted by atomic mass is 10.0. The Bertz CT molecular complexity index is 1230. The Balaban J connectivity index is 1.72. The number of hydrogen-bond donors (Lipinski definition) is 2. The number of fused-ring (bicyclic) bond motifs is 1. The molecule has 0 aliphatic carbocycles. The van der Waals surface area contributed by atoms with E-state index in [2.05, 4.69) is 22.5 Å². The molecule has 0 saturated carbocycles. The normalized spacial score (nSPS) is 19.7. The van der Waals surface area contributed by atoms with Crippen LogP contribution in [0.5, 0.6) is 0 Å². The predicted octanol–water partition coefficient (Wildman–Crippen LogP) is 5.74. The van der Waals surface area contributed by atoms with Crippen LogP contribution >= 0.6 is 23.2 Å². The van der Waals surface area contributed by atoms with Crippen LogP contribution in [0, 0.1) is 5.82 Å². The van der Waals surface area contributed by atoms with Crippen molar-refractivity contribution in [3.63, 3.8) is 0 Å². The van der Waals surface area contributed by atoms with Gasteiger partial charge < -0.3 is 15.5 Å². The van der Waals surface area contributed by atoms with E-state index in [4.69, 9.17) is 28.2 Å². The molecule has 1 saturated heterocycles. The third kappa shape index (κ3) is 4.08. The lowest BCUT2D eigenvalue weighted by molar-refractivity contribution is 0.247. The molecule has 1 fully saturated rings. The van der Waals surface area contributed by atoms with Crippen molar-refractivity contribution in [2.45, 2.75) is 32.0 Å². The molecule has 2 aliphatic heterocycles. The average Bonchev–Trinajstić information content (AvgIpc) is 3.26. The van der Waals surface area contributed by atoms with Crippen molar-refractivity contribution in [1.82, 2.24) is 15.6 Å². The van der Waals surface area contributed by atoms with Gasteiger partial charge in [0, 0.05) is 49.4 Å². The maximum Gasteiger partial charge on any atom is 0.326 e. The van der Waals surface area contributed by atoms with Crippen LogP contribution in [-0.2, 0) is 6.54 Å². The Hall–Kier alpha value is -2.87. The minimum atomic E-state index is -0.330. The van der Waals surface area contributed by atoms with Gasteiger partial charge in [-0.15, -0.1) is 0 Å². The van der Waals surface area contributed by atoms with Crippen LogP contribution in [-0.4, -0.2) is 36.7 Å². The summed E-state index contributed by atoms with van der Waals surface area (Å²) in [5, 5.41) is 7.10. The number of halogens is 3. The number of likely N-dealkylation sites (N-methyl/N-ethyl adjacent to an activating group) is 1. The van der Waals surface area contributed by atoms with Crippen molar-refractivity contribution >= 4 is 46.4 Å².